The van der Waals surface area contributed by atoms with Gasteiger partial charge in [-0.1, -0.05) is 30.3 Å². The molecule has 0 aliphatic carbocycles. The van der Waals surface area contributed by atoms with Gasteiger partial charge in [0.15, 0.2) is 0 Å². The summed E-state index contributed by atoms with van der Waals surface area (Å²) in [6.45, 7) is 5.66. The van der Waals surface area contributed by atoms with Crippen molar-refractivity contribution >= 4 is 0 Å². The number of rotatable bonds is 5. The maximum Gasteiger partial charge on any atom is 0.120 e. The zero-order valence-electron chi connectivity index (χ0n) is 11.9. The van der Waals surface area contributed by atoms with Crippen LogP contribution in [0.2, 0.25) is 0 Å². The van der Waals surface area contributed by atoms with Crippen molar-refractivity contribution in [2.75, 3.05) is 7.05 Å². The SMILES string of the molecule is CNCc1ccccc1COc1cc(C)cc(C)c1. The molecular weight excluding hydrogens is 234 g/mol. The fourth-order valence-corrected chi connectivity index (χ4v) is 2.24. The van der Waals surface area contributed by atoms with E-state index in [-0.39, 0.29) is 0 Å². The Hall–Kier alpha value is -1.80. The van der Waals surface area contributed by atoms with Crippen LogP contribution in [-0.2, 0) is 13.2 Å². The van der Waals surface area contributed by atoms with Crippen LogP contribution < -0.4 is 10.1 Å². The zero-order chi connectivity index (χ0) is 13.7. The van der Waals surface area contributed by atoms with Crippen molar-refractivity contribution in [3.05, 3.63) is 64.7 Å². The molecule has 2 aromatic carbocycles. The standard InChI is InChI=1S/C17H21NO/c1-13-8-14(2)10-17(9-13)19-12-16-7-5-4-6-15(16)11-18-3/h4-10,18H,11-12H2,1-3H3. The van der Waals surface area contributed by atoms with Gasteiger partial charge in [-0.15, -0.1) is 0 Å². The van der Waals surface area contributed by atoms with Gasteiger partial charge in [-0.05, 0) is 55.3 Å². The van der Waals surface area contributed by atoms with E-state index in [4.69, 9.17) is 4.74 Å². The van der Waals surface area contributed by atoms with Crippen LogP contribution in [0, 0.1) is 13.8 Å². The number of hydrogen-bond donors (Lipinski definition) is 1. The van der Waals surface area contributed by atoms with Crippen molar-refractivity contribution in [1.82, 2.24) is 5.32 Å². The lowest BCUT2D eigenvalue weighted by molar-refractivity contribution is 0.304. The first-order valence-corrected chi connectivity index (χ1v) is 6.61. The fraction of sp³-hybridized carbons (Fsp3) is 0.294. The highest BCUT2D eigenvalue weighted by Crippen LogP contribution is 2.18. The molecule has 0 aliphatic heterocycles. The van der Waals surface area contributed by atoms with Crippen LogP contribution in [0.15, 0.2) is 42.5 Å². The van der Waals surface area contributed by atoms with Crippen LogP contribution in [0.1, 0.15) is 22.3 Å². The van der Waals surface area contributed by atoms with Crippen molar-refractivity contribution in [2.45, 2.75) is 27.0 Å². The predicted molar refractivity (Wildman–Crippen MR) is 79.5 cm³/mol. The van der Waals surface area contributed by atoms with Crippen LogP contribution in [0.4, 0.5) is 0 Å². The van der Waals surface area contributed by atoms with Gasteiger partial charge < -0.3 is 10.1 Å². The molecule has 100 valence electrons. The highest BCUT2D eigenvalue weighted by molar-refractivity contribution is 5.34. The summed E-state index contributed by atoms with van der Waals surface area (Å²) in [5.74, 6) is 0.941. The van der Waals surface area contributed by atoms with Gasteiger partial charge in [0.05, 0.1) is 0 Å². The van der Waals surface area contributed by atoms with E-state index < -0.39 is 0 Å². The molecule has 1 N–H and O–H groups in total. The van der Waals surface area contributed by atoms with Crippen molar-refractivity contribution in [3.63, 3.8) is 0 Å². The Morgan fingerprint density at radius 3 is 2.21 bits per heavy atom. The molecule has 0 saturated carbocycles. The van der Waals surface area contributed by atoms with Gasteiger partial charge in [-0.2, -0.15) is 0 Å². The summed E-state index contributed by atoms with van der Waals surface area (Å²) in [4.78, 5) is 0. The number of nitrogens with one attached hydrogen (secondary N) is 1. The second-order valence-corrected chi connectivity index (χ2v) is 4.91. The highest BCUT2D eigenvalue weighted by Gasteiger charge is 2.03. The molecule has 0 aliphatic rings. The molecule has 0 heterocycles. The Bertz CT molecular complexity index is 528. The van der Waals surface area contributed by atoms with Crippen molar-refractivity contribution in [2.24, 2.45) is 0 Å². The molecular formula is C17H21NO. The summed E-state index contributed by atoms with van der Waals surface area (Å²) in [6, 6.07) is 14.7. The van der Waals surface area contributed by atoms with E-state index in [0.717, 1.165) is 12.3 Å². The van der Waals surface area contributed by atoms with Crippen LogP contribution in [0.3, 0.4) is 0 Å². The zero-order valence-corrected chi connectivity index (χ0v) is 11.9. The first-order valence-electron chi connectivity index (χ1n) is 6.61. The number of hydrogen-bond acceptors (Lipinski definition) is 2. The van der Waals surface area contributed by atoms with Gasteiger partial charge in [0, 0.05) is 6.54 Å². The smallest absolute Gasteiger partial charge is 0.120 e. The van der Waals surface area contributed by atoms with Gasteiger partial charge in [-0.25, -0.2) is 0 Å². The number of benzene rings is 2. The maximum atomic E-state index is 5.91. The van der Waals surface area contributed by atoms with Crippen LogP contribution in [0.5, 0.6) is 5.75 Å². The molecule has 0 amide bonds. The monoisotopic (exact) mass is 255 g/mol. The average Bonchev–Trinajstić information content (AvgIpc) is 2.37. The van der Waals surface area contributed by atoms with E-state index in [2.05, 4.69) is 61.6 Å². The van der Waals surface area contributed by atoms with E-state index in [1.807, 2.05) is 7.05 Å². The minimum Gasteiger partial charge on any atom is -0.489 e. The molecule has 2 aromatic rings. The number of ether oxygens (including phenoxy) is 1. The average molecular weight is 255 g/mol. The predicted octanol–water partition coefficient (Wildman–Crippen LogP) is 3.60. The lowest BCUT2D eigenvalue weighted by Gasteiger charge is -2.12. The Kier molecular flexibility index (Phi) is 4.58. The molecule has 0 aromatic heterocycles. The van der Waals surface area contributed by atoms with Gasteiger partial charge in [0.2, 0.25) is 0 Å². The van der Waals surface area contributed by atoms with E-state index >= 15 is 0 Å². The molecule has 0 radical (unpaired) electrons. The van der Waals surface area contributed by atoms with E-state index in [9.17, 15) is 0 Å². The number of aryl methyl sites for hydroxylation is 2. The molecule has 0 atom stereocenters. The second-order valence-electron chi connectivity index (χ2n) is 4.91. The molecule has 0 unspecified atom stereocenters. The van der Waals surface area contributed by atoms with Crippen LogP contribution in [0.25, 0.3) is 0 Å². The minimum atomic E-state index is 0.612. The third-order valence-electron chi connectivity index (χ3n) is 3.08. The largest absolute Gasteiger partial charge is 0.489 e. The van der Waals surface area contributed by atoms with E-state index in [1.54, 1.807) is 0 Å². The first-order chi connectivity index (χ1) is 9.19. The molecule has 0 fully saturated rings. The molecule has 2 heteroatoms. The van der Waals surface area contributed by atoms with Crippen LogP contribution in [-0.4, -0.2) is 7.05 Å². The molecule has 0 bridgehead atoms. The maximum absolute atomic E-state index is 5.91. The topological polar surface area (TPSA) is 21.3 Å². The molecule has 19 heavy (non-hydrogen) atoms. The fourth-order valence-electron chi connectivity index (χ4n) is 2.24. The van der Waals surface area contributed by atoms with Gasteiger partial charge in [-0.3, -0.25) is 0 Å². The third kappa shape index (κ3) is 3.83. The minimum absolute atomic E-state index is 0.612. The summed E-state index contributed by atoms with van der Waals surface area (Å²) in [5, 5.41) is 3.19. The van der Waals surface area contributed by atoms with Crippen molar-refractivity contribution < 1.29 is 4.74 Å². The Morgan fingerprint density at radius 2 is 1.58 bits per heavy atom. The molecule has 2 nitrogen and oxygen atoms in total. The Balaban J connectivity index is 2.09. The lowest BCUT2D eigenvalue weighted by atomic mass is 10.1. The van der Waals surface area contributed by atoms with E-state index in [0.29, 0.717) is 6.61 Å². The van der Waals surface area contributed by atoms with Gasteiger partial charge in [0.25, 0.3) is 0 Å². The summed E-state index contributed by atoms with van der Waals surface area (Å²) < 4.78 is 5.91. The quantitative estimate of drug-likeness (QED) is 0.881. The summed E-state index contributed by atoms with van der Waals surface area (Å²) in [5.41, 5.74) is 4.99. The Morgan fingerprint density at radius 1 is 0.947 bits per heavy atom. The summed E-state index contributed by atoms with van der Waals surface area (Å²) >= 11 is 0. The highest BCUT2D eigenvalue weighted by atomic mass is 16.5. The lowest BCUT2D eigenvalue weighted by Crippen LogP contribution is -2.09. The Labute approximate surface area is 115 Å². The summed E-state index contributed by atoms with van der Waals surface area (Å²) in [7, 11) is 1.96. The van der Waals surface area contributed by atoms with Crippen LogP contribution >= 0.6 is 0 Å². The molecule has 0 saturated heterocycles. The van der Waals surface area contributed by atoms with E-state index in [1.165, 1.54) is 22.3 Å². The second kappa shape index (κ2) is 6.39. The van der Waals surface area contributed by atoms with Crippen molar-refractivity contribution in [3.8, 4) is 5.75 Å². The molecule has 0 spiro atoms. The normalized spacial score (nSPS) is 10.5. The van der Waals surface area contributed by atoms with Gasteiger partial charge in [0.1, 0.15) is 12.4 Å². The van der Waals surface area contributed by atoms with Crippen molar-refractivity contribution in [1.29, 1.82) is 0 Å². The third-order valence-corrected chi connectivity index (χ3v) is 3.08. The van der Waals surface area contributed by atoms with Gasteiger partial charge >= 0.3 is 0 Å². The summed E-state index contributed by atoms with van der Waals surface area (Å²) in [6.07, 6.45) is 0. The molecule has 2 rings (SSSR count). The first kappa shape index (κ1) is 13.6.